The Bertz CT molecular complexity index is 533. The summed E-state index contributed by atoms with van der Waals surface area (Å²) in [6.45, 7) is 5.68. The van der Waals surface area contributed by atoms with Gasteiger partial charge in [0.05, 0.1) is 0 Å². The molecule has 3 rings (SSSR count). The first-order valence-electron chi connectivity index (χ1n) is 6.16. The molecule has 0 saturated carbocycles. The van der Waals surface area contributed by atoms with E-state index in [1.165, 1.54) is 11.1 Å². The zero-order chi connectivity index (χ0) is 12.4. The van der Waals surface area contributed by atoms with Crippen LogP contribution in [0, 0.1) is 0 Å². The maximum Gasteiger partial charge on any atom is 0.0490 e. The van der Waals surface area contributed by atoms with E-state index >= 15 is 0 Å². The Balaban J connectivity index is 1.70. The zero-order valence-corrected chi connectivity index (χ0v) is 10.3. The predicted molar refractivity (Wildman–Crippen MR) is 75.8 cm³/mol. The Morgan fingerprint density at radius 2 is 1.56 bits per heavy atom. The van der Waals surface area contributed by atoms with Crippen LogP contribution in [0.3, 0.4) is 0 Å². The minimum absolute atomic E-state index is 0.958. The lowest BCUT2D eigenvalue weighted by molar-refractivity contribution is 0.347. The first-order chi connectivity index (χ1) is 8.85. The van der Waals surface area contributed by atoms with E-state index in [-0.39, 0.29) is 0 Å². The Hall–Kier alpha value is -2.06. The summed E-state index contributed by atoms with van der Waals surface area (Å²) in [6, 6.07) is 16.9. The third-order valence-corrected chi connectivity index (χ3v) is 3.27. The average molecular weight is 236 g/mol. The number of nitrogens with one attached hydrogen (secondary N) is 1. The molecule has 0 radical (unpaired) electrons. The molecule has 0 aliphatic carbocycles. The van der Waals surface area contributed by atoms with Crippen LogP contribution in [0.15, 0.2) is 55.1 Å². The summed E-state index contributed by atoms with van der Waals surface area (Å²) in [6.07, 6.45) is 1.86. The SMILES string of the molecule is C=Cc1ccc(NN2Cc3ccccc3C2)cc1. The molecule has 1 heterocycles. The van der Waals surface area contributed by atoms with Crippen molar-refractivity contribution in [2.45, 2.75) is 13.1 Å². The quantitative estimate of drug-likeness (QED) is 0.874. The van der Waals surface area contributed by atoms with Crippen molar-refractivity contribution in [2.75, 3.05) is 5.43 Å². The molecule has 0 aromatic heterocycles. The van der Waals surface area contributed by atoms with Crippen LogP contribution in [0.25, 0.3) is 6.08 Å². The molecule has 0 amide bonds. The van der Waals surface area contributed by atoms with Gasteiger partial charge in [0.15, 0.2) is 0 Å². The Kier molecular flexibility index (Phi) is 2.87. The Morgan fingerprint density at radius 1 is 0.944 bits per heavy atom. The number of hydrazine groups is 1. The number of hydrogen-bond acceptors (Lipinski definition) is 2. The number of nitrogens with zero attached hydrogens (tertiary/aromatic N) is 1. The van der Waals surface area contributed by atoms with Crippen molar-refractivity contribution in [3.63, 3.8) is 0 Å². The lowest BCUT2D eigenvalue weighted by atomic mass is 10.1. The fraction of sp³-hybridized carbons (Fsp3) is 0.125. The second-order valence-electron chi connectivity index (χ2n) is 4.56. The van der Waals surface area contributed by atoms with Crippen LogP contribution < -0.4 is 5.43 Å². The van der Waals surface area contributed by atoms with Gasteiger partial charge in [-0.3, -0.25) is 0 Å². The van der Waals surface area contributed by atoms with Gasteiger partial charge in [-0.05, 0) is 28.8 Å². The highest BCUT2D eigenvalue weighted by Crippen LogP contribution is 2.23. The molecule has 0 spiro atoms. The molecule has 90 valence electrons. The van der Waals surface area contributed by atoms with Gasteiger partial charge in [0, 0.05) is 18.8 Å². The van der Waals surface area contributed by atoms with Crippen molar-refractivity contribution in [1.29, 1.82) is 0 Å². The van der Waals surface area contributed by atoms with Crippen LogP contribution >= 0.6 is 0 Å². The molecule has 0 atom stereocenters. The number of rotatable bonds is 3. The highest BCUT2D eigenvalue weighted by Gasteiger charge is 2.17. The third-order valence-electron chi connectivity index (χ3n) is 3.27. The van der Waals surface area contributed by atoms with Crippen LogP contribution in [0.1, 0.15) is 16.7 Å². The summed E-state index contributed by atoms with van der Waals surface area (Å²) < 4.78 is 0. The van der Waals surface area contributed by atoms with Crippen LogP contribution in [0.2, 0.25) is 0 Å². The minimum Gasteiger partial charge on any atom is -0.318 e. The fourth-order valence-electron chi connectivity index (χ4n) is 2.29. The maximum atomic E-state index is 3.76. The highest BCUT2D eigenvalue weighted by molar-refractivity contribution is 5.53. The van der Waals surface area contributed by atoms with Gasteiger partial charge in [-0.1, -0.05) is 49.1 Å². The van der Waals surface area contributed by atoms with Crippen molar-refractivity contribution in [3.05, 3.63) is 71.8 Å². The molecule has 1 N–H and O–H groups in total. The minimum atomic E-state index is 0.958. The summed E-state index contributed by atoms with van der Waals surface area (Å²) in [4.78, 5) is 0. The van der Waals surface area contributed by atoms with Crippen molar-refractivity contribution in [1.82, 2.24) is 5.01 Å². The lowest BCUT2D eigenvalue weighted by Crippen LogP contribution is -2.23. The second kappa shape index (κ2) is 4.67. The lowest BCUT2D eigenvalue weighted by Gasteiger charge is -2.17. The standard InChI is InChI=1S/C16H16N2/c1-2-13-7-9-16(10-8-13)17-18-11-14-5-3-4-6-15(14)12-18/h2-10,17H,1,11-12H2. The van der Waals surface area contributed by atoms with E-state index in [1.54, 1.807) is 0 Å². The van der Waals surface area contributed by atoms with Gasteiger partial charge >= 0.3 is 0 Å². The van der Waals surface area contributed by atoms with Crippen molar-refractivity contribution in [3.8, 4) is 0 Å². The first kappa shape index (κ1) is 11.1. The molecule has 1 aliphatic heterocycles. The van der Waals surface area contributed by atoms with E-state index in [9.17, 15) is 0 Å². The van der Waals surface area contributed by atoms with Crippen LogP contribution in [0.5, 0.6) is 0 Å². The largest absolute Gasteiger partial charge is 0.318 e. The summed E-state index contributed by atoms with van der Waals surface area (Å²) >= 11 is 0. The van der Waals surface area contributed by atoms with Gasteiger partial charge < -0.3 is 5.43 Å². The Morgan fingerprint density at radius 3 is 2.11 bits per heavy atom. The highest BCUT2D eigenvalue weighted by atomic mass is 15.5. The van der Waals surface area contributed by atoms with Crippen LogP contribution in [0.4, 0.5) is 5.69 Å². The topological polar surface area (TPSA) is 15.3 Å². The summed E-state index contributed by atoms with van der Waals surface area (Å²) in [7, 11) is 0. The molecule has 2 aromatic rings. The van der Waals surface area contributed by atoms with Crippen molar-refractivity contribution < 1.29 is 0 Å². The zero-order valence-electron chi connectivity index (χ0n) is 10.3. The van der Waals surface area contributed by atoms with Gasteiger partial charge in [0.25, 0.3) is 0 Å². The van der Waals surface area contributed by atoms with Crippen molar-refractivity contribution in [2.24, 2.45) is 0 Å². The molecular weight excluding hydrogens is 220 g/mol. The second-order valence-corrected chi connectivity index (χ2v) is 4.56. The summed E-state index contributed by atoms with van der Waals surface area (Å²) in [5.41, 5.74) is 8.52. The average Bonchev–Trinajstić information content (AvgIpc) is 2.82. The molecular formula is C16H16N2. The number of anilines is 1. The molecule has 0 saturated heterocycles. The molecule has 0 bridgehead atoms. The van der Waals surface area contributed by atoms with Gasteiger partial charge in [-0.25, -0.2) is 5.01 Å². The normalized spacial score (nSPS) is 14.2. The van der Waals surface area contributed by atoms with E-state index in [1.807, 2.05) is 6.08 Å². The Labute approximate surface area is 108 Å². The van der Waals surface area contributed by atoms with E-state index in [2.05, 4.69) is 65.5 Å². The van der Waals surface area contributed by atoms with Gasteiger partial charge in [0.2, 0.25) is 0 Å². The van der Waals surface area contributed by atoms with Gasteiger partial charge in [-0.2, -0.15) is 0 Å². The maximum absolute atomic E-state index is 3.76. The molecule has 2 heteroatoms. The number of fused-ring (bicyclic) bond motifs is 1. The summed E-state index contributed by atoms with van der Waals surface area (Å²) in [5, 5.41) is 2.23. The van der Waals surface area contributed by atoms with Crippen molar-refractivity contribution >= 4 is 11.8 Å². The molecule has 18 heavy (non-hydrogen) atoms. The number of hydrogen-bond donors (Lipinski definition) is 1. The van der Waals surface area contributed by atoms with Gasteiger partial charge in [0.1, 0.15) is 0 Å². The summed E-state index contributed by atoms with van der Waals surface area (Å²) in [5.74, 6) is 0. The van der Waals surface area contributed by atoms with E-state index in [4.69, 9.17) is 0 Å². The predicted octanol–water partition coefficient (Wildman–Crippen LogP) is 3.67. The first-order valence-corrected chi connectivity index (χ1v) is 6.16. The smallest absolute Gasteiger partial charge is 0.0490 e. The van der Waals surface area contributed by atoms with Gasteiger partial charge in [-0.15, -0.1) is 0 Å². The molecule has 1 aliphatic rings. The monoisotopic (exact) mass is 236 g/mol. The van der Waals surface area contributed by atoms with E-state index in [0.29, 0.717) is 0 Å². The molecule has 2 nitrogen and oxygen atoms in total. The van der Waals surface area contributed by atoms with E-state index in [0.717, 1.165) is 24.3 Å². The molecule has 0 fully saturated rings. The number of benzene rings is 2. The van der Waals surface area contributed by atoms with E-state index < -0.39 is 0 Å². The molecule has 2 aromatic carbocycles. The van der Waals surface area contributed by atoms with Crippen LogP contribution in [-0.4, -0.2) is 5.01 Å². The fourth-order valence-corrected chi connectivity index (χ4v) is 2.29. The van der Waals surface area contributed by atoms with Crippen LogP contribution in [-0.2, 0) is 13.1 Å². The third kappa shape index (κ3) is 2.15. The molecule has 0 unspecified atom stereocenters.